The van der Waals surface area contributed by atoms with Crippen LogP contribution in [-0.4, -0.2) is 26.4 Å². The Morgan fingerprint density at radius 2 is 1.96 bits per heavy atom. The molecule has 1 amide bonds. The Hall–Kier alpha value is -2.19. The first-order chi connectivity index (χ1) is 11.2. The molecule has 1 aromatic heterocycles. The molecular formula is C16H18N2O4S2. The van der Waals surface area contributed by atoms with Crippen molar-refractivity contribution in [3.8, 4) is 5.75 Å². The molecule has 0 aliphatic rings. The van der Waals surface area contributed by atoms with E-state index in [1.807, 2.05) is 11.6 Å². The van der Waals surface area contributed by atoms with Crippen molar-refractivity contribution in [2.24, 2.45) is 0 Å². The van der Waals surface area contributed by atoms with Crippen LogP contribution in [-0.2, 0) is 14.8 Å². The maximum atomic E-state index is 12.4. The predicted octanol–water partition coefficient (Wildman–Crippen LogP) is 2.60. The summed E-state index contributed by atoms with van der Waals surface area (Å²) in [5.41, 5.74) is 1.25. The minimum absolute atomic E-state index is 0.0520. The number of rotatable bonds is 5. The number of thiazole rings is 1. The van der Waals surface area contributed by atoms with Crippen molar-refractivity contribution < 1.29 is 17.9 Å². The van der Waals surface area contributed by atoms with E-state index in [2.05, 4.69) is 4.98 Å². The van der Waals surface area contributed by atoms with E-state index in [1.54, 1.807) is 26.1 Å². The van der Waals surface area contributed by atoms with Gasteiger partial charge in [-0.1, -0.05) is 0 Å². The lowest BCUT2D eigenvalue weighted by Gasteiger charge is -2.13. The summed E-state index contributed by atoms with van der Waals surface area (Å²) in [7, 11) is -2.44. The third kappa shape index (κ3) is 4.01. The van der Waals surface area contributed by atoms with Gasteiger partial charge in [0.25, 0.3) is 15.9 Å². The summed E-state index contributed by atoms with van der Waals surface area (Å²) >= 11 is 1.41. The summed E-state index contributed by atoms with van der Waals surface area (Å²) < 4.78 is 32.0. The highest BCUT2D eigenvalue weighted by Crippen LogP contribution is 2.26. The highest BCUT2D eigenvalue weighted by atomic mass is 32.2. The van der Waals surface area contributed by atoms with Crippen molar-refractivity contribution in [1.29, 1.82) is 0 Å². The lowest BCUT2D eigenvalue weighted by molar-refractivity contribution is -0.114. The normalized spacial score (nSPS) is 11.7. The van der Waals surface area contributed by atoms with Crippen LogP contribution in [0.3, 0.4) is 0 Å². The molecule has 1 aromatic carbocycles. The number of hydrogen-bond donors (Lipinski definition) is 1. The van der Waals surface area contributed by atoms with Crippen LogP contribution in [0.1, 0.15) is 21.0 Å². The topological polar surface area (TPSA) is 85.4 Å². The summed E-state index contributed by atoms with van der Waals surface area (Å²) in [6.45, 7) is 5.29. The Morgan fingerprint density at radius 1 is 1.25 bits per heavy atom. The first kappa shape index (κ1) is 18.2. The Kier molecular flexibility index (Phi) is 5.40. The third-order valence-electron chi connectivity index (χ3n) is 3.47. The second-order valence-electron chi connectivity index (χ2n) is 5.10. The van der Waals surface area contributed by atoms with Gasteiger partial charge in [0.1, 0.15) is 5.75 Å². The van der Waals surface area contributed by atoms with E-state index in [9.17, 15) is 13.2 Å². The van der Waals surface area contributed by atoms with E-state index < -0.39 is 15.9 Å². The molecule has 2 aromatic rings. The minimum Gasteiger partial charge on any atom is -0.496 e. The Balaban J connectivity index is 2.20. The van der Waals surface area contributed by atoms with Gasteiger partial charge in [-0.2, -0.15) is 0 Å². The standard InChI is InChI=1S/C16H18N2O4S2/c1-10-11(2)15(7-6-14(10)22-4)24(20,21)18-16(19)8-5-13-9-17-12(3)23-13/h5-9H,1-4H3,(H,18,19)/b8-5+. The van der Waals surface area contributed by atoms with Gasteiger partial charge in [0.05, 0.1) is 17.0 Å². The van der Waals surface area contributed by atoms with Gasteiger partial charge >= 0.3 is 0 Å². The number of benzene rings is 1. The van der Waals surface area contributed by atoms with Crippen molar-refractivity contribution in [3.05, 3.63) is 45.4 Å². The van der Waals surface area contributed by atoms with Crippen LogP contribution in [0, 0.1) is 20.8 Å². The molecule has 0 saturated heterocycles. The number of hydrogen-bond acceptors (Lipinski definition) is 6. The summed E-state index contributed by atoms with van der Waals surface area (Å²) in [6, 6.07) is 2.99. The van der Waals surface area contributed by atoms with E-state index in [-0.39, 0.29) is 4.90 Å². The molecule has 0 radical (unpaired) electrons. The average Bonchev–Trinajstić information content (AvgIpc) is 2.93. The zero-order valence-electron chi connectivity index (χ0n) is 13.8. The van der Waals surface area contributed by atoms with E-state index in [4.69, 9.17) is 4.74 Å². The maximum Gasteiger partial charge on any atom is 0.264 e. The molecule has 0 aliphatic carbocycles. The quantitative estimate of drug-likeness (QED) is 0.822. The van der Waals surface area contributed by atoms with E-state index in [0.717, 1.165) is 9.88 Å². The molecule has 2 rings (SSSR count). The Bertz CT molecular complexity index is 899. The number of nitrogens with zero attached hydrogens (tertiary/aromatic N) is 1. The van der Waals surface area contributed by atoms with Crippen molar-refractivity contribution in [2.75, 3.05) is 7.11 Å². The number of methoxy groups -OCH3 is 1. The SMILES string of the molecule is COc1ccc(S(=O)(=O)NC(=O)/C=C/c2cnc(C)s2)c(C)c1C. The van der Waals surface area contributed by atoms with Gasteiger partial charge < -0.3 is 4.74 Å². The molecule has 24 heavy (non-hydrogen) atoms. The van der Waals surface area contributed by atoms with E-state index in [0.29, 0.717) is 16.9 Å². The van der Waals surface area contributed by atoms with E-state index in [1.165, 1.54) is 36.7 Å². The lowest BCUT2D eigenvalue weighted by atomic mass is 10.1. The van der Waals surface area contributed by atoms with Gasteiger partial charge in [0.2, 0.25) is 0 Å². The smallest absolute Gasteiger partial charge is 0.264 e. The summed E-state index contributed by atoms with van der Waals surface area (Å²) in [5, 5.41) is 0.868. The average molecular weight is 366 g/mol. The van der Waals surface area contributed by atoms with Crippen molar-refractivity contribution in [3.63, 3.8) is 0 Å². The number of nitrogens with one attached hydrogen (secondary N) is 1. The molecular weight excluding hydrogens is 348 g/mol. The second-order valence-corrected chi connectivity index (χ2v) is 8.02. The monoisotopic (exact) mass is 366 g/mol. The lowest BCUT2D eigenvalue weighted by Crippen LogP contribution is -2.29. The Labute approximate surface area is 145 Å². The highest BCUT2D eigenvalue weighted by Gasteiger charge is 2.21. The molecule has 1 N–H and O–H groups in total. The fourth-order valence-corrected chi connectivity index (χ4v) is 4.05. The van der Waals surface area contributed by atoms with Gasteiger partial charge in [-0.3, -0.25) is 4.79 Å². The zero-order valence-corrected chi connectivity index (χ0v) is 15.4. The molecule has 0 saturated carbocycles. The number of carbonyl (C=O) groups is 1. The van der Waals surface area contributed by atoms with E-state index >= 15 is 0 Å². The molecule has 128 valence electrons. The third-order valence-corrected chi connectivity index (χ3v) is 5.84. The van der Waals surface area contributed by atoms with Crippen LogP contribution in [0.15, 0.2) is 29.3 Å². The van der Waals surface area contributed by atoms with Crippen molar-refractivity contribution in [2.45, 2.75) is 25.7 Å². The number of carbonyl (C=O) groups excluding carboxylic acids is 1. The molecule has 0 atom stereocenters. The molecule has 0 spiro atoms. The summed E-state index contributed by atoms with van der Waals surface area (Å²) in [4.78, 5) is 16.8. The zero-order chi connectivity index (χ0) is 17.9. The molecule has 6 nitrogen and oxygen atoms in total. The van der Waals surface area contributed by atoms with Crippen molar-refractivity contribution >= 4 is 33.3 Å². The number of ether oxygens (including phenoxy) is 1. The van der Waals surface area contributed by atoms with Gasteiger partial charge in [0.15, 0.2) is 0 Å². The Morgan fingerprint density at radius 3 is 2.54 bits per heavy atom. The first-order valence-electron chi connectivity index (χ1n) is 7.06. The van der Waals surface area contributed by atoms with Gasteiger partial charge in [-0.15, -0.1) is 11.3 Å². The van der Waals surface area contributed by atoms with Crippen LogP contribution in [0.5, 0.6) is 5.75 Å². The van der Waals surface area contributed by atoms with Gasteiger partial charge in [0, 0.05) is 17.2 Å². The molecule has 1 heterocycles. The van der Waals surface area contributed by atoms with Crippen LogP contribution < -0.4 is 9.46 Å². The molecule has 0 fully saturated rings. The number of aromatic nitrogens is 1. The minimum atomic E-state index is -3.96. The van der Waals surface area contributed by atoms with Crippen molar-refractivity contribution in [1.82, 2.24) is 9.71 Å². The van der Waals surface area contributed by atoms with Crippen LogP contribution in [0.25, 0.3) is 6.08 Å². The molecule has 0 aliphatic heterocycles. The number of amides is 1. The molecule has 8 heteroatoms. The summed E-state index contributed by atoms with van der Waals surface area (Å²) in [6.07, 6.45) is 4.33. The maximum absolute atomic E-state index is 12.4. The predicted molar refractivity (Wildman–Crippen MR) is 93.7 cm³/mol. The van der Waals surface area contributed by atoms with Gasteiger partial charge in [-0.05, 0) is 50.1 Å². The largest absolute Gasteiger partial charge is 0.496 e. The van der Waals surface area contributed by atoms with Crippen LogP contribution >= 0.6 is 11.3 Å². The van der Waals surface area contributed by atoms with Crippen LogP contribution in [0.2, 0.25) is 0 Å². The number of sulfonamides is 1. The first-order valence-corrected chi connectivity index (χ1v) is 9.36. The van der Waals surface area contributed by atoms with Crippen LogP contribution in [0.4, 0.5) is 0 Å². The number of aryl methyl sites for hydroxylation is 1. The second kappa shape index (κ2) is 7.14. The summed E-state index contributed by atoms with van der Waals surface area (Å²) in [5.74, 6) is -0.118. The fraction of sp³-hybridized carbons (Fsp3) is 0.250. The fourth-order valence-electron chi connectivity index (χ4n) is 2.12. The molecule has 0 unspecified atom stereocenters. The van der Waals surface area contributed by atoms with Gasteiger partial charge in [-0.25, -0.2) is 18.1 Å². The molecule has 0 bridgehead atoms. The highest BCUT2D eigenvalue weighted by molar-refractivity contribution is 7.90.